The Balaban J connectivity index is 1.90. The number of nitrogens with one attached hydrogen (secondary N) is 1. The van der Waals surface area contributed by atoms with Crippen LogP contribution in [-0.2, 0) is 4.74 Å². The van der Waals surface area contributed by atoms with Crippen LogP contribution in [0, 0.1) is 0 Å². The topological polar surface area (TPSA) is 62.1 Å². The van der Waals surface area contributed by atoms with Crippen LogP contribution >= 0.6 is 11.8 Å². The summed E-state index contributed by atoms with van der Waals surface area (Å²) in [6.07, 6.45) is 3.78. The number of fused-ring (bicyclic) bond motifs is 1. The zero-order chi connectivity index (χ0) is 12.4. The van der Waals surface area contributed by atoms with Crippen molar-refractivity contribution >= 4 is 23.3 Å². The van der Waals surface area contributed by atoms with Gasteiger partial charge in [-0.05, 0) is 18.4 Å². The van der Waals surface area contributed by atoms with Gasteiger partial charge >= 0.3 is 0 Å². The highest BCUT2D eigenvalue weighted by Gasteiger charge is 2.40. The molecule has 3 heterocycles. The number of nitrogens with zero attached hydrogens (tertiary/aromatic N) is 4. The summed E-state index contributed by atoms with van der Waals surface area (Å²) in [5.74, 6) is 0.786. The molecule has 96 valence electrons. The van der Waals surface area contributed by atoms with Gasteiger partial charge in [0.2, 0.25) is 0 Å². The van der Waals surface area contributed by atoms with Crippen LogP contribution in [0.1, 0.15) is 0 Å². The van der Waals surface area contributed by atoms with Crippen LogP contribution in [0.15, 0.2) is 28.6 Å². The fourth-order valence-corrected chi connectivity index (χ4v) is 2.87. The van der Waals surface area contributed by atoms with Crippen LogP contribution in [-0.4, -0.2) is 47.6 Å². The first-order valence-electron chi connectivity index (χ1n) is 5.88. The van der Waals surface area contributed by atoms with E-state index in [1.807, 2.05) is 18.4 Å². The molecule has 1 fully saturated rings. The van der Waals surface area contributed by atoms with Crippen molar-refractivity contribution in [2.24, 2.45) is 10.2 Å². The Kier molecular flexibility index (Phi) is 3.19. The maximum Gasteiger partial charge on any atom is 0.257 e. The molecule has 0 aromatic carbocycles. The highest BCUT2D eigenvalue weighted by Crippen LogP contribution is 2.39. The Morgan fingerprint density at radius 3 is 3.06 bits per heavy atom. The van der Waals surface area contributed by atoms with E-state index in [1.165, 1.54) is 0 Å². The van der Waals surface area contributed by atoms with Gasteiger partial charge in [-0.15, -0.1) is 10.2 Å². The summed E-state index contributed by atoms with van der Waals surface area (Å²) in [5, 5.41) is 11.6. The lowest BCUT2D eigenvalue weighted by atomic mass is 10.3. The molecule has 0 spiro atoms. The molecule has 7 heteroatoms. The quantitative estimate of drug-likeness (QED) is 0.885. The van der Waals surface area contributed by atoms with Crippen molar-refractivity contribution in [2.45, 2.75) is 5.12 Å². The number of anilines is 1. The van der Waals surface area contributed by atoms with Crippen molar-refractivity contribution in [2.75, 3.05) is 37.9 Å². The molecule has 1 aromatic rings. The van der Waals surface area contributed by atoms with E-state index in [2.05, 4.69) is 25.4 Å². The second kappa shape index (κ2) is 4.83. The van der Waals surface area contributed by atoms with Gasteiger partial charge in [-0.3, -0.25) is 0 Å². The molecular formula is C11H15N5OS. The van der Waals surface area contributed by atoms with Crippen LogP contribution in [0.5, 0.6) is 0 Å². The summed E-state index contributed by atoms with van der Waals surface area (Å²) >= 11 is 1.62. The van der Waals surface area contributed by atoms with Crippen molar-refractivity contribution in [1.82, 2.24) is 9.88 Å². The maximum atomic E-state index is 5.38. The summed E-state index contributed by atoms with van der Waals surface area (Å²) in [6.45, 7) is 3.15. The average molecular weight is 265 g/mol. The SMILES string of the molecule is CSC1(N2CCOCC2)N=Nc2cccnc2N1. The standard InChI is InChI=1S/C11H15N5OS/c1-18-11(16-5-7-17-8-6-16)13-10-9(14-15-11)3-2-4-12-10/h2-4H,5-8H2,1H3,(H,12,13). The molecule has 1 unspecified atom stereocenters. The van der Waals surface area contributed by atoms with Gasteiger partial charge in [0.25, 0.3) is 5.12 Å². The van der Waals surface area contributed by atoms with Crippen molar-refractivity contribution in [3.05, 3.63) is 18.3 Å². The molecule has 1 atom stereocenters. The highest BCUT2D eigenvalue weighted by molar-refractivity contribution is 8.00. The molecule has 1 N–H and O–H groups in total. The third kappa shape index (κ3) is 1.98. The number of hydrogen-bond donors (Lipinski definition) is 1. The minimum Gasteiger partial charge on any atom is -0.379 e. The van der Waals surface area contributed by atoms with Crippen molar-refractivity contribution in [3.63, 3.8) is 0 Å². The predicted molar refractivity (Wildman–Crippen MR) is 71.0 cm³/mol. The predicted octanol–water partition coefficient (Wildman–Crippen LogP) is 1.90. The number of ether oxygens (including phenoxy) is 1. The van der Waals surface area contributed by atoms with Gasteiger partial charge in [0.1, 0.15) is 5.69 Å². The largest absolute Gasteiger partial charge is 0.379 e. The second-order valence-corrected chi connectivity index (χ2v) is 5.09. The number of morpholine rings is 1. The Hall–Kier alpha value is -1.18. The van der Waals surface area contributed by atoms with Gasteiger partial charge in [-0.1, -0.05) is 11.8 Å². The van der Waals surface area contributed by atoms with E-state index in [1.54, 1.807) is 18.0 Å². The molecule has 0 aliphatic carbocycles. The Bertz CT molecular complexity index is 463. The first kappa shape index (κ1) is 11.9. The molecule has 0 saturated carbocycles. The molecule has 2 aliphatic heterocycles. The van der Waals surface area contributed by atoms with Gasteiger partial charge in [0.05, 0.1) is 13.2 Å². The lowest BCUT2D eigenvalue weighted by Crippen LogP contribution is -2.55. The summed E-state index contributed by atoms with van der Waals surface area (Å²) in [7, 11) is 0. The van der Waals surface area contributed by atoms with Crippen LogP contribution in [0.2, 0.25) is 0 Å². The first-order valence-corrected chi connectivity index (χ1v) is 7.10. The molecular weight excluding hydrogens is 250 g/mol. The normalized spacial score (nSPS) is 27.6. The van der Waals surface area contributed by atoms with Crippen LogP contribution in [0.3, 0.4) is 0 Å². The molecule has 0 bridgehead atoms. The number of pyridine rings is 1. The smallest absolute Gasteiger partial charge is 0.257 e. The van der Waals surface area contributed by atoms with Gasteiger partial charge in [-0.2, -0.15) is 0 Å². The Labute approximate surface area is 110 Å². The first-order chi connectivity index (χ1) is 8.84. The zero-order valence-electron chi connectivity index (χ0n) is 10.2. The summed E-state index contributed by atoms with van der Waals surface area (Å²) in [6, 6.07) is 3.77. The fraction of sp³-hybridized carbons (Fsp3) is 0.545. The van der Waals surface area contributed by atoms with Gasteiger partial charge in [0.15, 0.2) is 5.82 Å². The molecule has 0 amide bonds. The summed E-state index contributed by atoms with van der Waals surface area (Å²) in [5.41, 5.74) is 0.787. The lowest BCUT2D eigenvalue weighted by molar-refractivity contribution is 0.0139. The second-order valence-electron chi connectivity index (χ2n) is 4.11. The Morgan fingerprint density at radius 1 is 1.44 bits per heavy atom. The number of azo groups is 1. The average Bonchev–Trinajstić information content (AvgIpc) is 2.47. The molecule has 1 aromatic heterocycles. The number of hydrogen-bond acceptors (Lipinski definition) is 7. The molecule has 3 rings (SSSR count). The lowest BCUT2D eigenvalue weighted by Gasteiger charge is -2.42. The highest BCUT2D eigenvalue weighted by atomic mass is 32.2. The summed E-state index contributed by atoms with van der Waals surface area (Å²) < 4.78 is 5.38. The molecule has 2 aliphatic rings. The van der Waals surface area contributed by atoms with E-state index in [0.29, 0.717) is 0 Å². The monoisotopic (exact) mass is 265 g/mol. The van der Waals surface area contributed by atoms with Gasteiger partial charge < -0.3 is 10.1 Å². The van der Waals surface area contributed by atoms with Crippen LogP contribution < -0.4 is 5.32 Å². The van der Waals surface area contributed by atoms with Gasteiger partial charge in [-0.25, -0.2) is 9.88 Å². The molecule has 1 saturated heterocycles. The van der Waals surface area contributed by atoms with E-state index >= 15 is 0 Å². The summed E-state index contributed by atoms with van der Waals surface area (Å²) in [4.78, 5) is 6.56. The van der Waals surface area contributed by atoms with Crippen molar-refractivity contribution < 1.29 is 4.74 Å². The van der Waals surface area contributed by atoms with E-state index < -0.39 is 5.12 Å². The zero-order valence-corrected chi connectivity index (χ0v) is 11.0. The molecule has 6 nitrogen and oxygen atoms in total. The van der Waals surface area contributed by atoms with Crippen molar-refractivity contribution in [1.29, 1.82) is 0 Å². The van der Waals surface area contributed by atoms with Crippen LogP contribution in [0.4, 0.5) is 11.5 Å². The van der Waals surface area contributed by atoms with E-state index in [0.717, 1.165) is 37.8 Å². The van der Waals surface area contributed by atoms with Crippen molar-refractivity contribution in [3.8, 4) is 0 Å². The van der Waals surface area contributed by atoms with Crippen LogP contribution in [0.25, 0.3) is 0 Å². The van der Waals surface area contributed by atoms with E-state index in [4.69, 9.17) is 4.74 Å². The minimum atomic E-state index is -0.550. The number of thioether (sulfide) groups is 1. The fourth-order valence-electron chi connectivity index (χ4n) is 2.10. The molecule has 18 heavy (non-hydrogen) atoms. The van der Waals surface area contributed by atoms with E-state index in [-0.39, 0.29) is 0 Å². The van der Waals surface area contributed by atoms with E-state index in [9.17, 15) is 0 Å². The third-order valence-electron chi connectivity index (χ3n) is 3.09. The van der Waals surface area contributed by atoms with Gasteiger partial charge in [0, 0.05) is 19.3 Å². The number of aromatic nitrogens is 1. The molecule has 0 radical (unpaired) electrons. The third-order valence-corrected chi connectivity index (χ3v) is 4.10. The number of rotatable bonds is 2. The minimum absolute atomic E-state index is 0.550. The Morgan fingerprint density at radius 2 is 2.28 bits per heavy atom. The maximum absolute atomic E-state index is 5.38.